The minimum absolute atomic E-state index is 0.484. The van der Waals surface area contributed by atoms with E-state index in [1.807, 2.05) is 10.7 Å². The van der Waals surface area contributed by atoms with Gasteiger partial charge in [0.05, 0.1) is 12.2 Å². The number of hydrogen-bond donors (Lipinski definition) is 0. The van der Waals surface area contributed by atoms with Crippen LogP contribution in [0, 0.1) is 5.92 Å². The van der Waals surface area contributed by atoms with Crippen molar-refractivity contribution in [1.29, 1.82) is 0 Å². The Bertz CT molecular complexity index is 252. The van der Waals surface area contributed by atoms with Gasteiger partial charge < -0.3 is 0 Å². The molecular formula is C8H11ClN2. The summed E-state index contributed by atoms with van der Waals surface area (Å²) in [5.74, 6) is 0.812. The zero-order chi connectivity index (χ0) is 7.84. The Morgan fingerprint density at radius 1 is 1.73 bits per heavy atom. The molecule has 60 valence electrons. The lowest BCUT2D eigenvalue weighted by Crippen LogP contribution is -2.08. The summed E-state index contributed by atoms with van der Waals surface area (Å²) in [6.45, 7) is 2.18. The molecule has 1 atom stereocenters. The van der Waals surface area contributed by atoms with Gasteiger partial charge in [-0.1, -0.05) is 11.6 Å². The Balaban J connectivity index is 2.20. The maximum absolute atomic E-state index is 5.91. The van der Waals surface area contributed by atoms with E-state index in [2.05, 4.69) is 12.0 Å². The Morgan fingerprint density at radius 3 is 2.91 bits per heavy atom. The fourth-order valence-corrected chi connectivity index (χ4v) is 1.63. The summed E-state index contributed by atoms with van der Waals surface area (Å²) >= 11 is 5.91. The first-order valence-corrected chi connectivity index (χ1v) is 4.36. The average Bonchev–Trinajstić information content (AvgIpc) is 2.74. The SMILES string of the molecule is CC(C1CC1)n1nccc1Cl. The van der Waals surface area contributed by atoms with Crippen LogP contribution in [0.5, 0.6) is 0 Å². The van der Waals surface area contributed by atoms with Crippen LogP contribution in [0.4, 0.5) is 0 Å². The fourth-order valence-electron chi connectivity index (χ4n) is 1.38. The molecule has 2 nitrogen and oxygen atoms in total. The van der Waals surface area contributed by atoms with E-state index in [1.54, 1.807) is 6.20 Å². The first-order chi connectivity index (χ1) is 5.29. The van der Waals surface area contributed by atoms with Crippen molar-refractivity contribution in [2.24, 2.45) is 5.92 Å². The van der Waals surface area contributed by atoms with Crippen molar-refractivity contribution in [1.82, 2.24) is 9.78 Å². The molecule has 0 bridgehead atoms. The van der Waals surface area contributed by atoms with Crippen molar-refractivity contribution >= 4 is 11.6 Å². The second kappa shape index (κ2) is 2.52. The van der Waals surface area contributed by atoms with E-state index in [4.69, 9.17) is 11.6 Å². The highest BCUT2D eigenvalue weighted by atomic mass is 35.5. The van der Waals surface area contributed by atoms with Crippen molar-refractivity contribution < 1.29 is 0 Å². The van der Waals surface area contributed by atoms with Gasteiger partial charge in [-0.3, -0.25) is 4.68 Å². The molecule has 0 aliphatic heterocycles. The van der Waals surface area contributed by atoms with Gasteiger partial charge in [0, 0.05) is 0 Å². The predicted octanol–water partition coefficient (Wildman–Crippen LogP) is 2.51. The molecule has 1 heterocycles. The summed E-state index contributed by atoms with van der Waals surface area (Å²) < 4.78 is 1.90. The van der Waals surface area contributed by atoms with Gasteiger partial charge in [-0.05, 0) is 31.7 Å². The summed E-state index contributed by atoms with van der Waals surface area (Å²) in [4.78, 5) is 0. The summed E-state index contributed by atoms with van der Waals surface area (Å²) in [5.41, 5.74) is 0. The van der Waals surface area contributed by atoms with Crippen molar-refractivity contribution in [2.75, 3.05) is 0 Å². The first-order valence-electron chi connectivity index (χ1n) is 3.98. The van der Waals surface area contributed by atoms with Gasteiger partial charge >= 0.3 is 0 Å². The van der Waals surface area contributed by atoms with E-state index >= 15 is 0 Å². The van der Waals surface area contributed by atoms with Gasteiger partial charge in [-0.15, -0.1) is 0 Å². The Morgan fingerprint density at radius 2 is 2.45 bits per heavy atom. The standard InChI is InChI=1S/C8H11ClN2/c1-6(7-2-3-7)11-8(9)4-5-10-11/h4-7H,2-3H2,1H3. The molecule has 0 amide bonds. The summed E-state index contributed by atoms with van der Waals surface area (Å²) in [7, 11) is 0. The molecular weight excluding hydrogens is 160 g/mol. The number of aromatic nitrogens is 2. The lowest BCUT2D eigenvalue weighted by molar-refractivity contribution is 0.441. The maximum atomic E-state index is 5.91. The van der Waals surface area contributed by atoms with Crippen LogP contribution in [0.15, 0.2) is 12.3 Å². The number of nitrogens with zero attached hydrogens (tertiary/aromatic N) is 2. The molecule has 0 spiro atoms. The molecule has 0 radical (unpaired) electrons. The number of rotatable bonds is 2. The summed E-state index contributed by atoms with van der Waals surface area (Å²) in [5, 5.41) is 4.92. The van der Waals surface area contributed by atoms with Gasteiger partial charge in [0.25, 0.3) is 0 Å². The molecule has 0 aromatic carbocycles. The van der Waals surface area contributed by atoms with E-state index < -0.39 is 0 Å². The summed E-state index contributed by atoms with van der Waals surface area (Å²) in [6.07, 6.45) is 4.41. The molecule has 1 saturated carbocycles. The Kier molecular flexibility index (Phi) is 1.64. The molecule has 1 aromatic rings. The third-order valence-electron chi connectivity index (χ3n) is 2.31. The van der Waals surface area contributed by atoms with E-state index in [0.29, 0.717) is 6.04 Å². The smallest absolute Gasteiger partial charge is 0.127 e. The highest BCUT2D eigenvalue weighted by Crippen LogP contribution is 2.39. The lowest BCUT2D eigenvalue weighted by atomic mass is 10.2. The normalized spacial score (nSPS) is 20.2. The summed E-state index contributed by atoms with van der Waals surface area (Å²) in [6, 6.07) is 2.32. The highest BCUT2D eigenvalue weighted by Gasteiger charge is 2.30. The van der Waals surface area contributed by atoms with Gasteiger partial charge in [0.2, 0.25) is 0 Å². The largest absolute Gasteiger partial charge is 0.251 e. The minimum atomic E-state index is 0.484. The molecule has 2 rings (SSSR count). The topological polar surface area (TPSA) is 17.8 Å². The van der Waals surface area contributed by atoms with Crippen LogP contribution in [0.1, 0.15) is 25.8 Å². The lowest BCUT2D eigenvalue weighted by Gasteiger charge is -2.11. The number of halogens is 1. The second-order valence-corrected chi connectivity index (χ2v) is 3.56. The van der Waals surface area contributed by atoms with Crippen molar-refractivity contribution in [3.05, 3.63) is 17.4 Å². The van der Waals surface area contributed by atoms with Crippen LogP contribution in [0.3, 0.4) is 0 Å². The van der Waals surface area contributed by atoms with Gasteiger partial charge in [0.1, 0.15) is 5.15 Å². The molecule has 1 aliphatic rings. The third kappa shape index (κ3) is 1.27. The van der Waals surface area contributed by atoms with Crippen LogP contribution in [-0.2, 0) is 0 Å². The van der Waals surface area contributed by atoms with Crippen LogP contribution < -0.4 is 0 Å². The molecule has 1 aliphatic carbocycles. The zero-order valence-corrected chi connectivity index (χ0v) is 7.25. The van der Waals surface area contributed by atoms with Crippen molar-refractivity contribution in [2.45, 2.75) is 25.8 Å². The van der Waals surface area contributed by atoms with Crippen LogP contribution in [0.2, 0.25) is 5.15 Å². The van der Waals surface area contributed by atoms with Gasteiger partial charge in [-0.25, -0.2) is 0 Å². The van der Waals surface area contributed by atoms with Gasteiger partial charge in [-0.2, -0.15) is 5.10 Å². The third-order valence-corrected chi connectivity index (χ3v) is 2.61. The molecule has 3 heteroatoms. The first kappa shape index (κ1) is 7.17. The monoisotopic (exact) mass is 170 g/mol. The molecule has 0 N–H and O–H groups in total. The number of hydrogen-bond acceptors (Lipinski definition) is 1. The molecule has 1 unspecified atom stereocenters. The van der Waals surface area contributed by atoms with E-state index in [-0.39, 0.29) is 0 Å². The Hall–Kier alpha value is -0.500. The predicted molar refractivity (Wildman–Crippen MR) is 44.7 cm³/mol. The molecule has 1 aromatic heterocycles. The van der Waals surface area contributed by atoms with Crippen LogP contribution in [-0.4, -0.2) is 9.78 Å². The molecule has 0 saturated heterocycles. The van der Waals surface area contributed by atoms with Crippen LogP contribution in [0.25, 0.3) is 0 Å². The fraction of sp³-hybridized carbons (Fsp3) is 0.625. The van der Waals surface area contributed by atoms with Crippen molar-refractivity contribution in [3.8, 4) is 0 Å². The Labute approximate surface area is 71.2 Å². The average molecular weight is 171 g/mol. The maximum Gasteiger partial charge on any atom is 0.127 e. The molecule has 1 fully saturated rings. The highest BCUT2D eigenvalue weighted by molar-refractivity contribution is 6.29. The van der Waals surface area contributed by atoms with Gasteiger partial charge in [0.15, 0.2) is 0 Å². The van der Waals surface area contributed by atoms with E-state index in [1.165, 1.54) is 12.8 Å². The van der Waals surface area contributed by atoms with E-state index in [9.17, 15) is 0 Å². The second-order valence-electron chi connectivity index (χ2n) is 3.18. The molecule has 11 heavy (non-hydrogen) atoms. The quantitative estimate of drug-likeness (QED) is 0.667. The minimum Gasteiger partial charge on any atom is -0.251 e. The van der Waals surface area contributed by atoms with Crippen molar-refractivity contribution in [3.63, 3.8) is 0 Å². The zero-order valence-electron chi connectivity index (χ0n) is 6.50. The van der Waals surface area contributed by atoms with E-state index in [0.717, 1.165) is 11.1 Å². The van der Waals surface area contributed by atoms with Crippen LogP contribution >= 0.6 is 11.6 Å².